The second-order valence-electron chi connectivity index (χ2n) is 6.33. The van der Waals surface area contributed by atoms with Crippen LogP contribution in [0.1, 0.15) is 24.0 Å². The lowest BCUT2D eigenvalue weighted by atomic mass is 9.77. The van der Waals surface area contributed by atoms with Gasteiger partial charge in [-0.1, -0.05) is 6.07 Å². The van der Waals surface area contributed by atoms with Crippen LogP contribution in [-0.4, -0.2) is 23.9 Å². The molecule has 1 aromatic rings. The Morgan fingerprint density at radius 2 is 2.20 bits per heavy atom. The molecule has 3 aliphatic rings. The van der Waals surface area contributed by atoms with E-state index in [0.717, 1.165) is 30.4 Å². The molecule has 0 radical (unpaired) electrons. The number of rotatable bonds is 2. The van der Waals surface area contributed by atoms with Crippen LogP contribution in [0, 0.1) is 17.1 Å². The minimum Gasteiger partial charge on any atom is -0.431 e. The number of nitriles is 1. The number of allylic oxidation sites excluding steroid dienone is 2. The molecule has 1 atom stereocenters. The largest absolute Gasteiger partial charge is 0.431 e. The fourth-order valence-corrected chi connectivity index (χ4v) is 3.83. The van der Waals surface area contributed by atoms with Crippen molar-refractivity contribution < 1.29 is 17.9 Å². The lowest BCUT2D eigenvalue weighted by Gasteiger charge is -2.33. The number of ether oxygens (including phenoxy) is 1. The predicted octanol–water partition coefficient (Wildman–Crippen LogP) is 3.62. The third-order valence-corrected chi connectivity index (χ3v) is 4.78. The van der Waals surface area contributed by atoms with Gasteiger partial charge in [-0.05, 0) is 42.5 Å². The molecule has 0 bridgehead atoms. The summed E-state index contributed by atoms with van der Waals surface area (Å²) in [5, 5.41) is 9.14. The first-order chi connectivity index (χ1) is 12.0. The van der Waals surface area contributed by atoms with Gasteiger partial charge in [-0.3, -0.25) is 4.99 Å². The summed E-state index contributed by atoms with van der Waals surface area (Å²) in [5.41, 5.74) is 1.38. The molecule has 2 aliphatic heterocycles. The Labute approximate surface area is 142 Å². The molecule has 1 aliphatic carbocycles. The molecule has 4 rings (SSSR count). The van der Waals surface area contributed by atoms with Crippen molar-refractivity contribution in [1.29, 1.82) is 5.26 Å². The molecule has 7 heteroatoms. The monoisotopic (exact) mass is 345 g/mol. The van der Waals surface area contributed by atoms with Gasteiger partial charge in [-0.2, -0.15) is 14.0 Å². The van der Waals surface area contributed by atoms with Gasteiger partial charge in [0.25, 0.3) is 0 Å². The average molecular weight is 345 g/mol. The van der Waals surface area contributed by atoms with Crippen LogP contribution in [0.25, 0.3) is 0 Å². The van der Waals surface area contributed by atoms with Gasteiger partial charge in [0.15, 0.2) is 11.6 Å². The number of benzene rings is 1. The highest BCUT2D eigenvalue weighted by Gasteiger charge is 2.45. The van der Waals surface area contributed by atoms with Crippen molar-refractivity contribution >= 4 is 5.84 Å². The van der Waals surface area contributed by atoms with Crippen LogP contribution >= 0.6 is 0 Å². The van der Waals surface area contributed by atoms with Crippen LogP contribution in [0.15, 0.2) is 46.8 Å². The first-order valence-corrected chi connectivity index (χ1v) is 7.95. The van der Waals surface area contributed by atoms with Crippen LogP contribution in [0.3, 0.4) is 0 Å². The number of aliphatic imine (C=N–C) groups is 1. The molecule has 128 valence electrons. The van der Waals surface area contributed by atoms with E-state index in [0.29, 0.717) is 6.54 Å². The Bertz CT molecular complexity index is 869. The van der Waals surface area contributed by atoms with Gasteiger partial charge in [0.05, 0.1) is 12.1 Å². The lowest BCUT2D eigenvalue weighted by Crippen LogP contribution is -2.35. The summed E-state index contributed by atoms with van der Waals surface area (Å²) >= 11 is 0. The maximum atomic E-state index is 13.6. The first-order valence-electron chi connectivity index (χ1n) is 7.95. The van der Waals surface area contributed by atoms with Crippen molar-refractivity contribution in [3.63, 3.8) is 0 Å². The molecule has 0 fully saturated rings. The molecule has 0 saturated heterocycles. The maximum absolute atomic E-state index is 13.6. The summed E-state index contributed by atoms with van der Waals surface area (Å²) in [7, 11) is 0. The normalized spacial score (nSPS) is 24.3. The van der Waals surface area contributed by atoms with E-state index in [1.165, 1.54) is 18.2 Å². The topological polar surface area (TPSA) is 48.6 Å². The van der Waals surface area contributed by atoms with Gasteiger partial charge in [0.1, 0.15) is 17.4 Å². The average Bonchev–Trinajstić information content (AvgIpc) is 2.93. The second-order valence-corrected chi connectivity index (χ2v) is 6.33. The van der Waals surface area contributed by atoms with Crippen LogP contribution < -0.4 is 0 Å². The van der Waals surface area contributed by atoms with Crippen LogP contribution in [0.5, 0.6) is 0 Å². The van der Waals surface area contributed by atoms with E-state index in [-0.39, 0.29) is 23.0 Å². The standard InChI is InChI=1S/C18H14F3N3O/c19-13-3-4-14-12(7-13)2-1-5-18(14)10-24-9-11(8-22)6-15(16(24)23-18)25-17(20)21/h3-4,6-7,9,17H,1-2,5,10H2/t18-/m0/s1. The molecule has 1 aromatic carbocycles. The van der Waals surface area contributed by atoms with Gasteiger partial charge < -0.3 is 9.64 Å². The van der Waals surface area contributed by atoms with Gasteiger partial charge >= 0.3 is 6.61 Å². The van der Waals surface area contributed by atoms with E-state index in [1.54, 1.807) is 17.2 Å². The number of aryl methyl sites for hydroxylation is 1. The summed E-state index contributed by atoms with van der Waals surface area (Å²) < 4.78 is 43.6. The van der Waals surface area contributed by atoms with E-state index >= 15 is 0 Å². The minimum atomic E-state index is -3.00. The number of amidine groups is 1. The number of hydrogen-bond acceptors (Lipinski definition) is 4. The molecule has 1 spiro atoms. The maximum Gasteiger partial charge on any atom is 0.387 e. The molecule has 0 amide bonds. The van der Waals surface area contributed by atoms with Crippen LogP contribution in [-0.2, 0) is 16.7 Å². The Morgan fingerprint density at radius 3 is 2.96 bits per heavy atom. The molecule has 0 aromatic heterocycles. The molecule has 2 heterocycles. The van der Waals surface area contributed by atoms with Crippen molar-refractivity contribution in [2.45, 2.75) is 31.4 Å². The lowest BCUT2D eigenvalue weighted by molar-refractivity contribution is -0.0906. The third-order valence-electron chi connectivity index (χ3n) is 4.78. The quantitative estimate of drug-likeness (QED) is 0.823. The van der Waals surface area contributed by atoms with Crippen LogP contribution in [0.4, 0.5) is 13.2 Å². The number of hydrogen-bond donors (Lipinski definition) is 0. The third kappa shape index (κ3) is 2.58. The summed E-state index contributed by atoms with van der Waals surface area (Å²) in [6, 6.07) is 6.58. The molecule has 0 saturated carbocycles. The Hall–Kier alpha value is -2.75. The number of fused-ring (bicyclic) bond motifs is 3. The van der Waals surface area contributed by atoms with Gasteiger partial charge in [0, 0.05) is 12.3 Å². The SMILES string of the molecule is N#CC1=CN2C[C@]3(CCCc4cc(F)ccc43)N=C2C(OC(F)F)=C1. The highest BCUT2D eigenvalue weighted by atomic mass is 19.3. The van der Waals surface area contributed by atoms with E-state index in [9.17, 15) is 13.2 Å². The van der Waals surface area contributed by atoms with Gasteiger partial charge in [-0.15, -0.1) is 0 Å². The minimum absolute atomic E-state index is 0.111. The van der Waals surface area contributed by atoms with Crippen molar-refractivity contribution in [3.8, 4) is 6.07 Å². The van der Waals surface area contributed by atoms with Crippen molar-refractivity contribution in [1.82, 2.24) is 4.90 Å². The summed E-state index contributed by atoms with van der Waals surface area (Å²) in [6.07, 6.45) is 5.17. The van der Waals surface area contributed by atoms with Crippen molar-refractivity contribution in [2.75, 3.05) is 6.54 Å². The number of nitrogens with zero attached hydrogens (tertiary/aromatic N) is 3. The fourth-order valence-electron chi connectivity index (χ4n) is 3.83. The van der Waals surface area contributed by atoms with Gasteiger partial charge in [-0.25, -0.2) is 4.39 Å². The molecular formula is C18H14F3N3O. The first kappa shape index (κ1) is 15.8. The predicted molar refractivity (Wildman–Crippen MR) is 84.0 cm³/mol. The van der Waals surface area contributed by atoms with Crippen molar-refractivity contribution in [3.05, 3.63) is 58.8 Å². The number of halogens is 3. The molecular weight excluding hydrogens is 331 g/mol. The van der Waals surface area contributed by atoms with Crippen LogP contribution in [0.2, 0.25) is 0 Å². The Balaban J connectivity index is 1.80. The highest BCUT2D eigenvalue weighted by Crippen LogP contribution is 2.44. The Kier molecular flexibility index (Phi) is 3.57. The summed E-state index contributed by atoms with van der Waals surface area (Å²) in [4.78, 5) is 6.39. The fraction of sp³-hybridized carbons (Fsp3) is 0.333. The summed E-state index contributed by atoms with van der Waals surface area (Å²) in [6.45, 7) is -2.59. The molecule has 0 unspecified atom stereocenters. The van der Waals surface area contributed by atoms with E-state index in [2.05, 4.69) is 4.74 Å². The Morgan fingerprint density at radius 1 is 1.36 bits per heavy atom. The van der Waals surface area contributed by atoms with Crippen molar-refractivity contribution in [2.24, 2.45) is 4.99 Å². The zero-order chi connectivity index (χ0) is 17.6. The molecule has 0 N–H and O–H groups in total. The van der Waals surface area contributed by atoms with Gasteiger partial charge in [0.2, 0.25) is 0 Å². The summed E-state index contributed by atoms with van der Waals surface area (Å²) in [5.74, 6) is -0.121. The van der Waals surface area contributed by atoms with E-state index in [4.69, 9.17) is 10.3 Å². The zero-order valence-corrected chi connectivity index (χ0v) is 13.2. The smallest absolute Gasteiger partial charge is 0.387 e. The highest BCUT2D eigenvalue weighted by molar-refractivity contribution is 6.01. The van der Waals surface area contributed by atoms with E-state index < -0.39 is 12.2 Å². The second kappa shape index (κ2) is 5.66. The molecule has 25 heavy (non-hydrogen) atoms. The molecule has 4 nitrogen and oxygen atoms in total. The number of alkyl halides is 2. The van der Waals surface area contributed by atoms with E-state index in [1.807, 2.05) is 6.07 Å². The zero-order valence-electron chi connectivity index (χ0n) is 13.2.